The summed E-state index contributed by atoms with van der Waals surface area (Å²) in [4.78, 5) is 67.0. The third-order valence-corrected chi connectivity index (χ3v) is 24.7. The number of ether oxygens (including phenoxy) is 12. The molecular weight excluding hydrogens is 1700 g/mol. The number of hydrogen-bond acceptors (Lipinski definition) is 37. The van der Waals surface area contributed by atoms with Gasteiger partial charge in [-0.05, 0) is 19.3 Å². The van der Waals surface area contributed by atoms with Crippen LogP contribution in [0.5, 0.6) is 0 Å². The van der Waals surface area contributed by atoms with Gasteiger partial charge in [0.2, 0.25) is 17.7 Å². The molecule has 6 rings (SSSR count). The second-order valence-corrected chi connectivity index (χ2v) is 34.9. The standard InChI is InChI=1S/C86H153N3O39/c1-5-7-9-11-13-15-17-19-20-21-22-23-24-26-28-30-32-34-36-38-60(103)89-50(51(98)37-35-33-31-29-27-25-18-16-14-12-10-8-6-2)47-117-80-69(110)68(109)72(58(45-94)120-80)122-82-71(112)78(128-85(83(113)114)39-52(99)61(87-48(3)96)75(125-85)64(105)54(101)41-90)73(59(46-95)121-82)123-79-62(88-49(4)97)74(66(107)56(43-92)118-79)124-81-70(111)77(67(108)57(44-93)119-81)127-86(84(115)116)40-53(100)63(104)76(126-86)65(106)55(102)42-91/h35,37,50-59,61-82,90-95,98-102,104-112H,5-34,36,38-47H2,1-4H3,(H,87,96)(H,88,97)(H,89,103)(H,113,114)(H,115,116)/b37-35+/t50-,51+,52?,53?,54+,55+,56?,57?,58?,59?,61+,62?,63+,64+,65+,66-,67-,68+,69?,70?,71?,72+,73-,74+,75?,76?,77-,78+,79-,80+,81-,82-,85-,86-/m0/s1. The average molecular weight is 1850 g/mol. The van der Waals surface area contributed by atoms with Gasteiger partial charge in [0, 0.05) is 33.1 Å². The Kier molecular flexibility index (Phi) is 51.3. The molecule has 6 fully saturated rings. The van der Waals surface area contributed by atoms with E-state index in [1.807, 2.05) is 0 Å². The van der Waals surface area contributed by atoms with Crippen molar-refractivity contribution in [2.24, 2.45) is 0 Å². The van der Waals surface area contributed by atoms with Gasteiger partial charge in [0.05, 0.1) is 76.6 Å². The molecule has 6 heterocycles. The van der Waals surface area contributed by atoms with Crippen LogP contribution in [0, 0.1) is 0 Å². The first-order valence-corrected chi connectivity index (χ1v) is 46.2. The zero-order chi connectivity index (χ0) is 94.4. The van der Waals surface area contributed by atoms with Crippen molar-refractivity contribution >= 4 is 29.7 Å². The van der Waals surface area contributed by atoms with E-state index in [0.717, 1.165) is 78.1 Å². The van der Waals surface area contributed by atoms with E-state index in [1.165, 1.54) is 128 Å². The van der Waals surface area contributed by atoms with Gasteiger partial charge < -0.3 is 185 Å². The quantitative estimate of drug-likeness (QED) is 0.0222. The molecule has 0 aromatic carbocycles. The Morgan fingerprint density at radius 2 is 0.789 bits per heavy atom. The summed E-state index contributed by atoms with van der Waals surface area (Å²) < 4.78 is 72.0. The van der Waals surface area contributed by atoms with Gasteiger partial charge in [0.15, 0.2) is 25.2 Å². The first kappa shape index (κ1) is 113. The summed E-state index contributed by atoms with van der Waals surface area (Å²) in [5.41, 5.74) is 0. The average Bonchev–Trinajstić information content (AvgIpc) is 0.744. The molecule has 42 nitrogen and oxygen atoms in total. The molecule has 0 aromatic rings. The SMILES string of the molecule is CCCCCCCCCCCCC/C=C/[C@@H](O)[C@H](CO[C@@H]1OC(CO)[C@@H](O[C@@H]2OC(CO)[C@H](O[C@@H]3OC(CO)[C@H](O)[C@H](O[C@@H]4OC(CO)[C@H](O)[C@H](O[C@]5(C(=O)O)CC(O)[C@@H](O)C([C@H](O)[C@H](O)CO)O5)C4O)C3NC(C)=O)[C@H](O[C@]3(C(=O)O)CC(O)[C@@H](NC(C)=O)C([C@H](O)[C@H](O)CO)O3)C2O)[C@H](O)C1O)NC(=O)CCCCCCCCCCCCCCCCCCCCC. The highest BCUT2D eigenvalue weighted by Crippen LogP contribution is 2.43. The molecular formula is C86H153N3O39. The maximum Gasteiger partial charge on any atom is 0.364 e. The Hall–Kier alpha value is -4.19. The van der Waals surface area contributed by atoms with Gasteiger partial charge in [-0.2, -0.15) is 0 Å². The van der Waals surface area contributed by atoms with E-state index in [9.17, 15) is 136 Å². The minimum absolute atomic E-state index is 0.0981. The van der Waals surface area contributed by atoms with E-state index < -0.39 is 296 Å². The monoisotopic (exact) mass is 1850 g/mol. The molecule has 34 atom stereocenters. The fourth-order valence-electron chi connectivity index (χ4n) is 17.2. The summed E-state index contributed by atoms with van der Waals surface area (Å²) in [6, 6.07) is -5.18. The number of aliphatic carboxylic acids is 2. The summed E-state index contributed by atoms with van der Waals surface area (Å²) in [5.74, 6) is -13.6. The molecule has 0 radical (unpaired) electrons. The Morgan fingerprint density at radius 1 is 0.406 bits per heavy atom. The number of carbonyl (C=O) groups is 5. The van der Waals surface area contributed by atoms with E-state index in [1.54, 1.807) is 6.08 Å². The lowest BCUT2D eigenvalue weighted by atomic mass is 9.88. The predicted molar refractivity (Wildman–Crippen MR) is 447 cm³/mol. The van der Waals surface area contributed by atoms with Crippen LogP contribution in [0.2, 0.25) is 0 Å². The number of allylic oxidation sites excluding steroid dienone is 1. The second-order valence-electron chi connectivity index (χ2n) is 34.9. The number of rotatable bonds is 62. The van der Waals surface area contributed by atoms with Gasteiger partial charge >= 0.3 is 11.9 Å². The number of nitrogens with one attached hydrogen (secondary N) is 3. The number of carboxylic acid groups (broad SMARTS) is 2. The lowest BCUT2D eigenvalue weighted by molar-refractivity contribution is -0.405. The first-order chi connectivity index (χ1) is 61.2. The van der Waals surface area contributed by atoms with E-state index in [-0.39, 0.29) is 6.42 Å². The predicted octanol–water partition coefficient (Wildman–Crippen LogP) is -2.45. The number of hydrogen-bond donors (Lipinski definition) is 25. The summed E-state index contributed by atoms with van der Waals surface area (Å²) in [7, 11) is 0. The van der Waals surface area contributed by atoms with E-state index in [2.05, 4.69) is 29.8 Å². The molecule has 25 N–H and O–H groups in total. The fourth-order valence-corrected chi connectivity index (χ4v) is 17.2. The topological polar surface area (TPSA) is 677 Å². The second kappa shape index (κ2) is 58.3. The minimum Gasteiger partial charge on any atom is -0.477 e. The summed E-state index contributed by atoms with van der Waals surface area (Å²) in [6.45, 7) is -1.74. The highest BCUT2D eigenvalue weighted by molar-refractivity contribution is 5.77. The molecule has 128 heavy (non-hydrogen) atoms. The third kappa shape index (κ3) is 33.4. The Labute approximate surface area is 747 Å². The van der Waals surface area contributed by atoms with E-state index >= 15 is 0 Å². The largest absolute Gasteiger partial charge is 0.477 e. The summed E-state index contributed by atoms with van der Waals surface area (Å²) in [5, 5.41) is 254. The van der Waals surface area contributed by atoms with Gasteiger partial charge in [0.25, 0.3) is 11.6 Å². The van der Waals surface area contributed by atoms with Gasteiger partial charge in [-0.15, -0.1) is 0 Å². The molecule has 42 heteroatoms. The normalized spacial score (nSPS) is 35.0. The highest BCUT2D eigenvalue weighted by Gasteiger charge is 2.64. The first-order valence-electron chi connectivity index (χ1n) is 46.2. The molecule has 0 saturated carbocycles. The highest BCUT2D eigenvalue weighted by atomic mass is 16.8. The van der Waals surface area contributed by atoms with Crippen molar-refractivity contribution in [3.63, 3.8) is 0 Å². The molecule has 0 spiro atoms. The van der Waals surface area contributed by atoms with Crippen LogP contribution in [0.3, 0.4) is 0 Å². The van der Waals surface area contributed by atoms with Gasteiger partial charge in [-0.1, -0.05) is 206 Å². The van der Waals surface area contributed by atoms with Crippen molar-refractivity contribution in [1.29, 1.82) is 0 Å². The van der Waals surface area contributed by atoms with Crippen LogP contribution >= 0.6 is 0 Å². The number of unbranched alkanes of at least 4 members (excludes halogenated alkanes) is 29. The van der Waals surface area contributed by atoms with Crippen LogP contribution in [0.25, 0.3) is 0 Å². The molecule has 746 valence electrons. The van der Waals surface area contributed by atoms with Crippen molar-refractivity contribution < 1.29 is 193 Å². The van der Waals surface area contributed by atoms with Crippen molar-refractivity contribution in [2.45, 2.75) is 453 Å². The van der Waals surface area contributed by atoms with Crippen molar-refractivity contribution in [1.82, 2.24) is 16.0 Å². The van der Waals surface area contributed by atoms with Crippen LogP contribution in [0.4, 0.5) is 0 Å². The zero-order valence-electron chi connectivity index (χ0n) is 74.4. The molecule has 0 aliphatic carbocycles. The molecule has 12 unspecified atom stereocenters. The summed E-state index contributed by atoms with van der Waals surface area (Å²) in [6.07, 6.45) is -29.0. The number of carboxylic acids is 2. The number of carbonyl (C=O) groups excluding carboxylic acids is 3. The van der Waals surface area contributed by atoms with Gasteiger partial charge in [-0.25, -0.2) is 9.59 Å². The molecule has 6 aliphatic rings. The van der Waals surface area contributed by atoms with Crippen molar-refractivity contribution in [3.8, 4) is 0 Å². The molecule has 6 saturated heterocycles. The van der Waals surface area contributed by atoms with E-state index in [0.29, 0.717) is 12.8 Å². The Morgan fingerprint density at radius 3 is 1.26 bits per heavy atom. The van der Waals surface area contributed by atoms with Crippen LogP contribution in [-0.2, 0) is 80.8 Å². The van der Waals surface area contributed by atoms with Gasteiger partial charge in [0.1, 0.15) is 140 Å². The number of aliphatic hydroxyl groups excluding tert-OH is 20. The minimum atomic E-state index is -3.49. The summed E-state index contributed by atoms with van der Waals surface area (Å²) >= 11 is 0. The molecule has 3 amide bonds. The lowest BCUT2D eigenvalue weighted by Crippen LogP contribution is -2.72. The molecule has 0 aromatic heterocycles. The maximum atomic E-state index is 14.0. The molecule has 6 aliphatic heterocycles. The van der Waals surface area contributed by atoms with Crippen LogP contribution in [-0.4, -0.2) is 396 Å². The molecule has 0 bridgehead atoms. The van der Waals surface area contributed by atoms with Gasteiger partial charge in [-0.3, -0.25) is 14.4 Å². The lowest BCUT2D eigenvalue weighted by Gasteiger charge is -2.53. The fraction of sp³-hybridized carbons (Fsp3) is 0.919. The van der Waals surface area contributed by atoms with Crippen molar-refractivity contribution in [3.05, 3.63) is 12.2 Å². The zero-order valence-corrected chi connectivity index (χ0v) is 74.4. The number of aliphatic hydroxyl groups is 20. The van der Waals surface area contributed by atoms with E-state index in [4.69, 9.17) is 56.8 Å². The number of amides is 3. The third-order valence-electron chi connectivity index (χ3n) is 24.7. The smallest absolute Gasteiger partial charge is 0.364 e. The Bertz CT molecular complexity index is 3150. The maximum absolute atomic E-state index is 14.0. The Balaban J connectivity index is 1.26. The van der Waals surface area contributed by atoms with Crippen LogP contribution < -0.4 is 16.0 Å². The van der Waals surface area contributed by atoms with Crippen LogP contribution in [0.15, 0.2) is 12.2 Å². The van der Waals surface area contributed by atoms with Crippen molar-refractivity contribution in [2.75, 3.05) is 46.2 Å². The van der Waals surface area contributed by atoms with Crippen LogP contribution in [0.1, 0.15) is 246 Å².